The fourth-order valence-electron chi connectivity index (χ4n) is 1.10. The lowest BCUT2D eigenvalue weighted by Gasteiger charge is -2.15. The fraction of sp³-hybridized carbons (Fsp3) is 0.833. The largest absolute Gasteiger partial charge is 0.374 e. The molecular weight excluding hydrogens is 160 g/mol. The Labute approximate surface area is 83.2 Å². The van der Waals surface area contributed by atoms with E-state index in [4.69, 9.17) is 4.74 Å². The van der Waals surface area contributed by atoms with Gasteiger partial charge >= 0.3 is 0 Å². The zero-order valence-corrected chi connectivity index (χ0v) is 9.92. The first kappa shape index (κ1) is 12.7. The van der Waals surface area contributed by atoms with E-state index in [0.29, 0.717) is 17.9 Å². The molecule has 0 aromatic rings. The van der Waals surface area contributed by atoms with Crippen LogP contribution in [0.15, 0.2) is 11.6 Å². The van der Waals surface area contributed by atoms with Gasteiger partial charge in [0.2, 0.25) is 0 Å². The molecule has 0 heterocycles. The Morgan fingerprint density at radius 1 is 1.08 bits per heavy atom. The van der Waals surface area contributed by atoms with Gasteiger partial charge in [0.15, 0.2) is 0 Å². The molecule has 1 nitrogen and oxygen atoms in total. The molecule has 0 unspecified atom stereocenters. The van der Waals surface area contributed by atoms with Crippen LogP contribution in [0.1, 0.15) is 41.5 Å². The van der Waals surface area contributed by atoms with Crippen molar-refractivity contribution >= 4 is 0 Å². The highest BCUT2D eigenvalue weighted by Gasteiger charge is 2.05. The van der Waals surface area contributed by atoms with Crippen molar-refractivity contribution in [3.05, 3.63) is 11.6 Å². The van der Waals surface area contributed by atoms with Crippen molar-refractivity contribution in [2.24, 2.45) is 11.8 Å². The van der Waals surface area contributed by atoms with Crippen LogP contribution in [0.4, 0.5) is 0 Å². The van der Waals surface area contributed by atoms with Crippen LogP contribution < -0.4 is 0 Å². The van der Waals surface area contributed by atoms with Crippen LogP contribution in [0.25, 0.3) is 0 Å². The maximum absolute atomic E-state index is 5.60. The third-order valence-electron chi connectivity index (χ3n) is 1.87. The lowest BCUT2D eigenvalue weighted by molar-refractivity contribution is 0.0931. The molecule has 0 aliphatic heterocycles. The van der Waals surface area contributed by atoms with Gasteiger partial charge < -0.3 is 4.74 Å². The van der Waals surface area contributed by atoms with E-state index in [2.05, 4.69) is 47.6 Å². The molecule has 0 amide bonds. The van der Waals surface area contributed by atoms with E-state index in [9.17, 15) is 0 Å². The monoisotopic (exact) mass is 184 g/mol. The molecule has 0 aliphatic carbocycles. The summed E-state index contributed by atoms with van der Waals surface area (Å²) in [5.41, 5.74) is 1.42. The average Bonchev–Trinajstić information content (AvgIpc) is 1.96. The zero-order valence-electron chi connectivity index (χ0n) is 9.92. The summed E-state index contributed by atoms with van der Waals surface area (Å²) in [6, 6.07) is 0. The Morgan fingerprint density at radius 3 is 1.92 bits per heavy atom. The molecule has 1 heteroatoms. The van der Waals surface area contributed by atoms with Gasteiger partial charge in [0, 0.05) is 0 Å². The summed E-state index contributed by atoms with van der Waals surface area (Å²) < 4.78 is 5.60. The first-order valence-corrected chi connectivity index (χ1v) is 5.25. The lowest BCUT2D eigenvalue weighted by Crippen LogP contribution is -2.10. The normalized spacial score (nSPS) is 13.5. The second-order valence-corrected chi connectivity index (χ2v) is 4.50. The van der Waals surface area contributed by atoms with Crippen molar-refractivity contribution in [3.8, 4) is 0 Å². The molecule has 0 aromatic heterocycles. The molecule has 13 heavy (non-hydrogen) atoms. The van der Waals surface area contributed by atoms with Gasteiger partial charge in [-0.15, -0.1) is 0 Å². The zero-order chi connectivity index (χ0) is 10.4. The Morgan fingerprint density at radius 2 is 1.62 bits per heavy atom. The minimum absolute atomic E-state index is 0.328. The van der Waals surface area contributed by atoms with Crippen LogP contribution in [0.2, 0.25) is 0 Å². The molecule has 0 N–H and O–H groups in total. The van der Waals surface area contributed by atoms with Crippen molar-refractivity contribution in [2.45, 2.75) is 47.6 Å². The number of allylic oxidation sites excluding steroid dienone is 1. The predicted octanol–water partition coefficient (Wildman–Crippen LogP) is 3.65. The predicted molar refractivity (Wildman–Crippen MR) is 58.8 cm³/mol. The van der Waals surface area contributed by atoms with E-state index in [-0.39, 0.29) is 0 Å². The van der Waals surface area contributed by atoms with Gasteiger partial charge in [-0.2, -0.15) is 0 Å². The van der Waals surface area contributed by atoms with Gasteiger partial charge in [-0.3, -0.25) is 0 Å². The highest BCUT2D eigenvalue weighted by atomic mass is 16.5. The minimum Gasteiger partial charge on any atom is -0.374 e. The highest BCUT2D eigenvalue weighted by molar-refractivity contribution is 5.06. The second-order valence-electron chi connectivity index (χ2n) is 4.50. The van der Waals surface area contributed by atoms with E-state index in [1.54, 1.807) is 0 Å². The van der Waals surface area contributed by atoms with Crippen LogP contribution in [0, 0.1) is 11.8 Å². The van der Waals surface area contributed by atoms with E-state index in [1.807, 2.05) is 0 Å². The summed E-state index contributed by atoms with van der Waals surface area (Å²) in [6.07, 6.45) is 2.64. The van der Waals surface area contributed by atoms with E-state index >= 15 is 0 Å². The van der Waals surface area contributed by atoms with Crippen LogP contribution in [0.5, 0.6) is 0 Å². The average molecular weight is 184 g/mol. The third kappa shape index (κ3) is 6.83. The maximum Gasteiger partial charge on any atom is 0.0682 e. The fourth-order valence-corrected chi connectivity index (χ4v) is 1.10. The van der Waals surface area contributed by atoms with Crippen molar-refractivity contribution in [2.75, 3.05) is 6.61 Å². The lowest BCUT2D eigenvalue weighted by atomic mass is 10.00. The minimum atomic E-state index is 0.328. The highest BCUT2D eigenvalue weighted by Crippen LogP contribution is 2.13. The standard InChI is InChI=1S/C12H24O/c1-9(2)7-12(10(3)4)8-13-11(5)6/h7,9-11H,8H2,1-6H3/b12-7-. The second kappa shape index (κ2) is 6.20. The third-order valence-corrected chi connectivity index (χ3v) is 1.87. The quantitative estimate of drug-likeness (QED) is 0.593. The van der Waals surface area contributed by atoms with Gasteiger partial charge in [0.05, 0.1) is 12.7 Å². The molecule has 0 bridgehead atoms. The van der Waals surface area contributed by atoms with Crippen LogP contribution in [-0.4, -0.2) is 12.7 Å². The van der Waals surface area contributed by atoms with Gasteiger partial charge in [-0.25, -0.2) is 0 Å². The Kier molecular flexibility index (Phi) is 6.06. The van der Waals surface area contributed by atoms with Crippen LogP contribution >= 0.6 is 0 Å². The molecule has 0 atom stereocenters. The molecule has 0 radical (unpaired) electrons. The molecule has 0 saturated carbocycles. The molecule has 0 aromatic carbocycles. The van der Waals surface area contributed by atoms with Crippen molar-refractivity contribution < 1.29 is 4.74 Å². The maximum atomic E-state index is 5.60. The van der Waals surface area contributed by atoms with Crippen molar-refractivity contribution in [1.82, 2.24) is 0 Å². The summed E-state index contributed by atoms with van der Waals surface area (Å²) >= 11 is 0. The Bertz CT molecular complexity index is 155. The smallest absolute Gasteiger partial charge is 0.0682 e. The molecule has 0 saturated heterocycles. The number of hydrogen-bond acceptors (Lipinski definition) is 1. The van der Waals surface area contributed by atoms with E-state index < -0.39 is 0 Å². The number of ether oxygens (including phenoxy) is 1. The van der Waals surface area contributed by atoms with Crippen molar-refractivity contribution in [3.63, 3.8) is 0 Å². The van der Waals surface area contributed by atoms with Gasteiger partial charge in [-0.1, -0.05) is 33.8 Å². The van der Waals surface area contributed by atoms with Gasteiger partial charge in [0.1, 0.15) is 0 Å². The van der Waals surface area contributed by atoms with E-state index in [1.165, 1.54) is 5.57 Å². The van der Waals surface area contributed by atoms with Gasteiger partial charge in [-0.05, 0) is 31.3 Å². The number of hydrogen-bond donors (Lipinski definition) is 0. The van der Waals surface area contributed by atoms with Crippen molar-refractivity contribution in [1.29, 1.82) is 0 Å². The molecule has 0 fully saturated rings. The summed E-state index contributed by atoms with van der Waals surface area (Å²) in [5, 5.41) is 0. The topological polar surface area (TPSA) is 9.23 Å². The SMILES string of the molecule is CC(C)/C=C(/COC(C)C)C(C)C. The first-order valence-electron chi connectivity index (χ1n) is 5.25. The summed E-state index contributed by atoms with van der Waals surface area (Å²) in [7, 11) is 0. The molecular formula is C12H24O. The number of rotatable bonds is 5. The first-order chi connectivity index (χ1) is 5.93. The summed E-state index contributed by atoms with van der Waals surface area (Å²) in [6.45, 7) is 13.8. The Balaban J connectivity index is 4.11. The summed E-state index contributed by atoms with van der Waals surface area (Å²) in [4.78, 5) is 0. The van der Waals surface area contributed by atoms with Gasteiger partial charge in [0.25, 0.3) is 0 Å². The van der Waals surface area contributed by atoms with E-state index in [0.717, 1.165) is 6.61 Å². The Hall–Kier alpha value is -0.300. The van der Waals surface area contributed by atoms with Crippen LogP contribution in [-0.2, 0) is 4.74 Å². The summed E-state index contributed by atoms with van der Waals surface area (Å²) in [5.74, 6) is 1.22. The molecule has 0 aliphatic rings. The molecule has 0 rings (SSSR count). The molecule has 0 spiro atoms. The molecule has 78 valence electrons. The van der Waals surface area contributed by atoms with Crippen LogP contribution in [0.3, 0.4) is 0 Å².